The van der Waals surface area contributed by atoms with Crippen molar-refractivity contribution in [1.82, 2.24) is 0 Å². The van der Waals surface area contributed by atoms with Crippen molar-refractivity contribution in [3.05, 3.63) is 17.7 Å². The van der Waals surface area contributed by atoms with E-state index in [9.17, 15) is 15.0 Å². The van der Waals surface area contributed by atoms with Crippen molar-refractivity contribution in [3.8, 4) is 17.2 Å². The summed E-state index contributed by atoms with van der Waals surface area (Å²) in [6, 6.07) is 2.55. The SMILES string of the molecule is CCCCCCCCCCCCCCCCCCOC(=O)c1cc(O)c(O)c(OC)c1. The van der Waals surface area contributed by atoms with E-state index in [-0.39, 0.29) is 17.1 Å². The summed E-state index contributed by atoms with van der Waals surface area (Å²) in [5, 5.41) is 19.3. The highest BCUT2D eigenvalue weighted by Gasteiger charge is 2.15. The molecule has 0 amide bonds. The van der Waals surface area contributed by atoms with Gasteiger partial charge in [-0.05, 0) is 18.6 Å². The lowest BCUT2D eigenvalue weighted by atomic mass is 10.0. The van der Waals surface area contributed by atoms with Crippen molar-refractivity contribution in [3.63, 3.8) is 0 Å². The third kappa shape index (κ3) is 12.5. The maximum Gasteiger partial charge on any atom is 0.338 e. The zero-order valence-electron chi connectivity index (χ0n) is 19.8. The minimum absolute atomic E-state index is 0.0503. The number of phenolic OH excluding ortho intramolecular Hbond substituents is 2. The minimum atomic E-state index is -0.519. The maximum atomic E-state index is 12.1. The smallest absolute Gasteiger partial charge is 0.338 e. The molecule has 1 aromatic rings. The van der Waals surface area contributed by atoms with E-state index in [2.05, 4.69) is 6.92 Å². The molecular weight excluding hydrogens is 392 g/mol. The molecule has 0 heterocycles. The van der Waals surface area contributed by atoms with Gasteiger partial charge in [0.1, 0.15) is 0 Å². The Labute approximate surface area is 189 Å². The van der Waals surface area contributed by atoms with Crippen molar-refractivity contribution < 1.29 is 24.5 Å². The number of methoxy groups -OCH3 is 1. The van der Waals surface area contributed by atoms with E-state index in [4.69, 9.17) is 9.47 Å². The topological polar surface area (TPSA) is 76.0 Å². The fourth-order valence-corrected chi connectivity index (χ4v) is 3.76. The van der Waals surface area contributed by atoms with Gasteiger partial charge in [0.15, 0.2) is 11.5 Å². The van der Waals surface area contributed by atoms with Crippen molar-refractivity contribution in [2.45, 2.75) is 110 Å². The van der Waals surface area contributed by atoms with E-state index in [0.29, 0.717) is 6.61 Å². The van der Waals surface area contributed by atoms with Gasteiger partial charge in [0.05, 0.1) is 19.3 Å². The number of aromatic hydroxyl groups is 2. The normalized spacial score (nSPS) is 10.9. The van der Waals surface area contributed by atoms with Gasteiger partial charge in [0.25, 0.3) is 0 Å². The third-order valence-corrected chi connectivity index (χ3v) is 5.74. The number of phenols is 2. The predicted octanol–water partition coefficient (Wildman–Crippen LogP) is 7.52. The zero-order valence-corrected chi connectivity index (χ0v) is 19.8. The molecule has 0 saturated carbocycles. The number of benzene rings is 1. The number of unbranched alkanes of at least 4 members (excludes halogenated alkanes) is 15. The second-order valence-electron chi connectivity index (χ2n) is 8.49. The van der Waals surface area contributed by atoms with E-state index < -0.39 is 11.7 Å². The number of carbonyl (C=O) groups is 1. The van der Waals surface area contributed by atoms with E-state index in [1.54, 1.807) is 0 Å². The van der Waals surface area contributed by atoms with Gasteiger partial charge < -0.3 is 19.7 Å². The first kappa shape index (κ1) is 27.1. The van der Waals surface area contributed by atoms with Gasteiger partial charge in [-0.3, -0.25) is 0 Å². The van der Waals surface area contributed by atoms with Crippen LogP contribution in [0.25, 0.3) is 0 Å². The number of esters is 1. The van der Waals surface area contributed by atoms with Gasteiger partial charge in [-0.2, -0.15) is 0 Å². The second kappa shape index (κ2) is 17.7. The second-order valence-corrected chi connectivity index (χ2v) is 8.49. The summed E-state index contributed by atoms with van der Waals surface area (Å²) in [6.07, 6.45) is 20.8. The van der Waals surface area contributed by atoms with Crippen LogP contribution in [0.15, 0.2) is 12.1 Å². The molecule has 0 radical (unpaired) electrons. The largest absolute Gasteiger partial charge is 0.504 e. The molecule has 2 N–H and O–H groups in total. The summed E-state index contributed by atoms with van der Waals surface area (Å²) >= 11 is 0. The van der Waals surface area contributed by atoms with Gasteiger partial charge in [-0.1, -0.05) is 103 Å². The van der Waals surface area contributed by atoms with Crippen LogP contribution >= 0.6 is 0 Å². The van der Waals surface area contributed by atoms with Crippen LogP contribution in [-0.4, -0.2) is 29.9 Å². The number of hydrogen-bond acceptors (Lipinski definition) is 5. The van der Waals surface area contributed by atoms with Crippen LogP contribution in [0.5, 0.6) is 17.2 Å². The molecule has 0 unspecified atom stereocenters. The van der Waals surface area contributed by atoms with Crippen LogP contribution in [0.2, 0.25) is 0 Å². The Balaban J connectivity index is 1.93. The van der Waals surface area contributed by atoms with E-state index in [0.717, 1.165) is 12.8 Å². The first-order chi connectivity index (χ1) is 15.1. The van der Waals surface area contributed by atoms with E-state index in [1.807, 2.05) is 0 Å². The molecule has 31 heavy (non-hydrogen) atoms. The molecule has 0 spiro atoms. The zero-order chi connectivity index (χ0) is 22.7. The van der Waals surface area contributed by atoms with Crippen LogP contribution in [0, 0.1) is 0 Å². The third-order valence-electron chi connectivity index (χ3n) is 5.74. The lowest BCUT2D eigenvalue weighted by molar-refractivity contribution is 0.0496. The molecule has 0 aromatic heterocycles. The van der Waals surface area contributed by atoms with Crippen LogP contribution in [0.3, 0.4) is 0 Å². The Hall–Kier alpha value is -1.91. The lowest BCUT2D eigenvalue weighted by Gasteiger charge is -2.09. The first-order valence-corrected chi connectivity index (χ1v) is 12.4. The Bertz CT molecular complexity index is 600. The predicted molar refractivity (Wildman–Crippen MR) is 126 cm³/mol. The van der Waals surface area contributed by atoms with Crippen molar-refractivity contribution in [2.75, 3.05) is 13.7 Å². The van der Waals surface area contributed by atoms with Gasteiger partial charge in [0, 0.05) is 0 Å². The Morgan fingerprint density at radius 1 is 0.742 bits per heavy atom. The summed E-state index contributed by atoms with van der Waals surface area (Å²) in [4.78, 5) is 12.1. The average molecular weight is 437 g/mol. The molecule has 0 aliphatic carbocycles. The van der Waals surface area contributed by atoms with Gasteiger partial charge >= 0.3 is 5.97 Å². The maximum absolute atomic E-state index is 12.1. The Kier molecular flexibility index (Phi) is 15.5. The molecule has 178 valence electrons. The molecule has 0 bridgehead atoms. The highest BCUT2D eigenvalue weighted by molar-refractivity contribution is 5.91. The molecule has 1 rings (SSSR count). The highest BCUT2D eigenvalue weighted by Crippen LogP contribution is 2.36. The van der Waals surface area contributed by atoms with Crippen molar-refractivity contribution in [1.29, 1.82) is 0 Å². The molecule has 0 fully saturated rings. The molecular formula is C26H44O5. The van der Waals surface area contributed by atoms with Gasteiger partial charge in [0.2, 0.25) is 5.75 Å². The number of hydrogen-bond donors (Lipinski definition) is 2. The summed E-state index contributed by atoms with van der Waals surface area (Å²) in [5.41, 5.74) is 0.170. The molecule has 0 atom stereocenters. The Morgan fingerprint density at radius 2 is 1.19 bits per heavy atom. The van der Waals surface area contributed by atoms with Crippen LogP contribution in [-0.2, 0) is 4.74 Å². The number of ether oxygens (including phenoxy) is 2. The minimum Gasteiger partial charge on any atom is -0.504 e. The monoisotopic (exact) mass is 436 g/mol. The molecule has 5 heteroatoms. The summed E-state index contributed by atoms with van der Waals surface area (Å²) in [7, 11) is 1.36. The fraction of sp³-hybridized carbons (Fsp3) is 0.731. The van der Waals surface area contributed by atoms with E-state index >= 15 is 0 Å². The quantitative estimate of drug-likeness (QED) is 0.133. The number of rotatable bonds is 19. The van der Waals surface area contributed by atoms with Gasteiger partial charge in [-0.25, -0.2) is 4.79 Å². The van der Waals surface area contributed by atoms with Crippen LogP contribution in [0.4, 0.5) is 0 Å². The number of carbonyl (C=O) groups excluding carboxylic acids is 1. The lowest BCUT2D eigenvalue weighted by Crippen LogP contribution is -2.06. The van der Waals surface area contributed by atoms with Crippen molar-refractivity contribution in [2.24, 2.45) is 0 Å². The van der Waals surface area contributed by atoms with Crippen LogP contribution in [0.1, 0.15) is 120 Å². The highest BCUT2D eigenvalue weighted by atomic mass is 16.5. The molecule has 5 nitrogen and oxygen atoms in total. The van der Waals surface area contributed by atoms with Crippen LogP contribution < -0.4 is 4.74 Å². The summed E-state index contributed by atoms with van der Waals surface area (Å²) < 4.78 is 10.2. The van der Waals surface area contributed by atoms with Gasteiger partial charge in [-0.15, -0.1) is 0 Å². The van der Waals surface area contributed by atoms with E-state index in [1.165, 1.54) is 109 Å². The first-order valence-electron chi connectivity index (χ1n) is 12.4. The standard InChI is InChI=1S/C26H44O5/c1-3-4-5-6-7-8-9-10-11-12-13-14-15-16-17-18-19-31-26(29)22-20-23(27)25(28)24(21-22)30-2/h20-21,27-28H,3-19H2,1-2H3. The summed E-state index contributed by atoms with van der Waals surface area (Å²) in [5.74, 6) is -1.24. The molecule has 0 aliphatic heterocycles. The Morgan fingerprint density at radius 3 is 1.65 bits per heavy atom. The average Bonchev–Trinajstić information content (AvgIpc) is 2.77. The fourth-order valence-electron chi connectivity index (χ4n) is 3.76. The molecule has 0 aliphatic rings. The molecule has 1 aromatic carbocycles. The summed E-state index contributed by atoms with van der Waals surface area (Å²) in [6.45, 7) is 2.63. The molecule has 0 saturated heterocycles. The van der Waals surface area contributed by atoms with Crippen molar-refractivity contribution >= 4 is 5.97 Å².